The second kappa shape index (κ2) is 10.1. The van der Waals surface area contributed by atoms with Crippen LogP contribution in [0, 0.1) is 5.82 Å². The minimum absolute atomic E-state index is 0.0213. The number of hydrazone groups is 1. The monoisotopic (exact) mass is 467 g/mol. The van der Waals surface area contributed by atoms with Crippen molar-refractivity contribution in [2.45, 2.75) is 13.2 Å². The summed E-state index contributed by atoms with van der Waals surface area (Å²) in [6.07, 6.45) is 1.47. The zero-order valence-corrected chi connectivity index (χ0v) is 18.3. The number of hydrogen-bond acceptors (Lipinski definition) is 6. The Balaban J connectivity index is 1.37. The molecule has 0 radical (unpaired) electrons. The lowest BCUT2D eigenvalue weighted by Crippen LogP contribution is -2.23. The molecule has 1 N–H and O–H groups in total. The number of amides is 1. The third-order valence-corrected chi connectivity index (χ3v) is 5.09. The van der Waals surface area contributed by atoms with E-state index in [1.807, 2.05) is 24.3 Å². The number of carbonyl (C=O) groups is 1. The highest BCUT2D eigenvalue weighted by molar-refractivity contribution is 6.31. The number of methoxy groups -OCH3 is 1. The summed E-state index contributed by atoms with van der Waals surface area (Å²) in [4.78, 5) is 12.2. The number of benzene rings is 3. The lowest BCUT2D eigenvalue weighted by atomic mass is 10.2. The van der Waals surface area contributed by atoms with Gasteiger partial charge < -0.3 is 9.47 Å². The van der Waals surface area contributed by atoms with E-state index in [0.717, 1.165) is 5.52 Å². The molecular weight excluding hydrogens is 449 g/mol. The summed E-state index contributed by atoms with van der Waals surface area (Å²) in [5, 5.41) is 12.2. The average Bonchev–Trinajstić information content (AvgIpc) is 3.22. The van der Waals surface area contributed by atoms with Crippen LogP contribution in [0.4, 0.5) is 4.39 Å². The lowest BCUT2D eigenvalue weighted by molar-refractivity contribution is -0.121. The van der Waals surface area contributed by atoms with Crippen LogP contribution in [-0.2, 0) is 17.9 Å². The molecule has 4 aromatic rings. The highest BCUT2D eigenvalue weighted by Gasteiger charge is 2.11. The zero-order chi connectivity index (χ0) is 23.2. The molecule has 0 atom stereocenters. The first-order valence-electron chi connectivity index (χ1n) is 9.89. The van der Waals surface area contributed by atoms with E-state index in [-0.39, 0.29) is 29.6 Å². The Labute approximate surface area is 193 Å². The van der Waals surface area contributed by atoms with E-state index in [9.17, 15) is 9.18 Å². The standard InChI is InChI=1S/C23H19ClFN5O3/c1-32-22-11-15(9-10-21(22)33-14-16-17(24)5-4-6-18(16)25)12-26-28-23(31)13-30-20-8-3-2-7-19(20)27-29-30/h2-12H,13-14H2,1H3,(H,28,31)/b26-12+. The van der Waals surface area contributed by atoms with Crippen molar-refractivity contribution in [1.29, 1.82) is 0 Å². The van der Waals surface area contributed by atoms with Crippen molar-refractivity contribution in [3.8, 4) is 11.5 Å². The van der Waals surface area contributed by atoms with Crippen molar-refractivity contribution in [3.63, 3.8) is 0 Å². The summed E-state index contributed by atoms with van der Waals surface area (Å²) in [6.45, 7) is -0.0745. The van der Waals surface area contributed by atoms with Crippen molar-refractivity contribution in [3.05, 3.63) is 82.6 Å². The average molecular weight is 468 g/mol. The van der Waals surface area contributed by atoms with Crippen LogP contribution in [-0.4, -0.2) is 34.2 Å². The third-order valence-electron chi connectivity index (χ3n) is 4.74. The van der Waals surface area contributed by atoms with Crippen LogP contribution in [0.1, 0.15) is 11.1 Å². The predicted molar refractivity (Wildman–Crippen MR) is 122 cm³/mol. The molecule has 4 rings (SSSR count). The van der Waals surface area contributed by atoms with Crippen LogP contribution in [0.2, 0.25) is 5.02 Å². The van der Waals surface area contributed by atoms with Crippen molar-refractivity contribution in [2.75, 3.05) is 7.11 Å². The van der Waals surface area contributed by atoms with Gasteiger partial charge in [-0.25, -0.2) is 14.5 Å². The van der Waals surface area contributed by atoms with E-state index >= 15 is 0 Å². The molecule has 33 heavy (non-hydrogen) atoms. The summed E-state index contributed by atoms with van der Waals surface area (Å²) >= 11 is 6.04. The lowest BCUT2D eigenvalue weighted by Gasteiger charge is -2.12. The first-order valence-corrected chi connectivity index (χ1v) is 10.3. The summed E-state index contributed by atoms with van der Waals surface area (Å²) in [7, 11) is 1.49. The fourth-order valence-corrected chi connectivity index (χ4v) is 3.31. The predicted octanol–water partition coefficient (Wildman–Crippen LogP) is 3.96. The maximum atomic E-state index is 13.9. The van der Waals surface area contributed by atoms with E-state index in [2.05, 4.69) is 20.8 Å². The Bertz CT molecular complexity index is 1300. The number of aromatic nitrogens is 3. The fourth-order valence-electron chi connectivity index (χ4n) is 3.09. The Morgan fingerprint density at radius 3 is 2.85 bits per heavy atom. The normalized spacial score (nSPS) is 11.1. The van der Waals surface area contributed by atoms with Gasteiger partial charge in [0.15, 0.2) is 11.5 Å². The van der Waals surface area contributed by atoms with Gasteiger partial charge in [-0.15, -0.1) is 5.10 Å². The van der Waals surface area contributed by atoms with Gasteiger partial charge in [0, 0.05) is 5.56 Å². The Kier molecular flexibility index (Phi) is 6.80. The summed E-state index contributed by atoms with van der Waals surface area (Å²) in [6, 6.07) is 16.9. The maximum Gasteiger partial charge on any atom is 0.261 e. The molecule has 0 aliphatic heterocycles. The molecule has 0 aliphatic carbocycles. The number of nitrogens with one attached hydrogen (secondary N) is 1. The minimum atomic E-state index is -0.445. The number of carbonyl (C=O) groups excluding carboxylic acids is 1. The SMILES string of the molecule is COc1cc(/C=N/NC(=O)Cn2nnc3ccccc32)ccc1OCc1c(F)cccc1Cl. The molecule has 0 saturated heterocycles. The molecule has 1 amide bonds. The largest absolute Gasteiger partial charge is 0.493 e. The first-order chi connectivity index (χ1) is 16.0. The van der Waals surface area contributed by atoms with Gasteiger partial charge in [0.2, 0.25) is 0 Å². The van der Waals surface area contributed by atoms with Gasteiger partial charge in [0.05, 0.1) is 23.9 Å². The van der Waals surface area contributed by atoms with Crippen LogP contribution in [0.3, 0.4) is 0 Å². The van der Waals surface area contributed by atoms with Crippen molar-refractivity contribution in [1.82, 2.24) is 20.4 Å². The van der Waals surface area contributed by atoms with E-state index < -0.39 is 5.82 Å². The molecule has 0 saturated carbocycles. The van der Waals surface area contributed by atoms with Gasteiger partial charge in [-0.05, 0) is 48.0 Å². The molecule has 1 heterocycles. The van der Waals surface area contributed by atoms with Crippen LogP contribution in [0.25, 0.3) is 11.0 Å². The van der Waals surface area contributed by atoms with Crippen molar-refractivity contribution < 1.29 is 18.7 Å². The number of ether oxygens (including phenoxy) is 2. The van der Waals surface area contributed by atoms with Gasteiger partial charge in [-0.1, -0.05) is 35.0 Å². The summed E-state index contributed by atoms with van der Waals surface area (Å²) in [5.41, 5.74) is 4.85. The van der Waals surface area contributed by atoms with E-state index in [4.69, 9.17) is 21.1 Å². The molecule has 0 fully saturated rings. The van der Waals surface area contributed by atoms with Gasteiger partial charge in [-0.2, -0.15) is 5.10 Å². The molecule has 10 heteroatoms. The van der Waals surface area contributed by atoms with E-state index in [0.29, 0.717) is 22.6 Å². The first kappa shape index (κ1) is 22.2. The van der Waals surface area contributed by atoms with E-state index in [1.165, 1.54) is 30.1 Å². The minimum Gasteiger partial charge on any atom is -0.493 e. The van der Waals surface area contributed by atoms with Gasteiger partial charge >= 0.3 is 0 Å². The molecule has 8 nitrogen and oxygen atoms in total. The molecule has 0 spiro atoms. The number of nitrogens with zero attached hydrogens (tertiary/aromatic N) is 4. The third kappa shape index (κ3) is 5.27. The fraction of sp³-hybridized carbons (Fsp3) is 0.130. The second-order valence-electron chi connectivity index (χ2n) is 6.93. The van der Waals surface area contributed by atoms with Crippen molar-refractivity contribution >= 4 is 34.8 Å². The molecule has 0 bridgehead atoms. The van der Waals surface area contributed by atoms with Crippen molar-refractivity contribution in [2.24, 2.45) is 5.10 Å². The molecule has 1 aromatic heterocycles. The highest BCUT2D eigenvalue weighted by atomic mass is 35.5. The quantitative estimate of drug-likeness (QED) is 0.313. The summed E-state index contributed by atoms with van der Waals surface area (Å²) in [5.74, 6) is 0.0401. The Morgan fingerprint density at radius 1 is 1.18 bits per heavy atom. The van der Waals surface area contributed by atoms with Gasteiger partial charge in [0.1, 0.15) is 24.5 Å². The zero-order valence-electron chi connectivity index (χ0n) is 17.5. The van der Waals surface area contributed by atoms with Crippen LogP contribution in [0.15, 0.2) is 65.8 Å². The highest BCUT2D eigenvalue weighted by Crippen LogP contribution is 2.29. The number of rotatable bonds is 8. The molecule has 0 aliphatic rings. The number of halogens is 2. The maximum absolute atomic E-state index is 13.9. The van der Waals surface area contributed by atoms with Crippen LogP contribution >= 0.6 is 11.6 Å². The summed E-state index contributed by atoms with van der Waals surface area (Å²) < 4.78 is 26.5. The molecular formula is C23H19ClFN5O3. The molecule has 0 unspecified atom stereocenters. The second-order valence-corrected chi connectivity index (χ2v) is 7.34. The molecule has 168 valence electrons. The van der Waals surface area contributed by atoms with E-state index in [1.54, 1.807) is 24.3 Å². The number of para-hydroxylation sites is 1. The van der Waals surface area contributed by atoms with Gasteiger partial charge in [-0.3, -0.25) is 4.79 Å². The smallest absolute Gasteiger partial charge is 0.261 e. The molecule has 3 aromatic carbocycles. The number of hydrogen-bond donors (Lipinski definition) is 1. The van der Waals surface area contributed by atoms with Gasteiger partial charge in [0.25, 0.3) is 5.91 Å². The topological polar surface area (TPSA) is 90.6 Å². The number of fused-ring (bicyclic) bond motifs is 1. The Morgan fingerprint density at radius 2 is 2.03 bits per heavy atom. The van der Waals surface area contributed by atoms with Crippen LogP contribution in [0.5, 0.6) is 11.5 Å². The Hall–Kier alpha value is -3.98. The van der Waals surface area contributed by atoms with Crippen LogP contribution < -0.4 is 14.9 Å².